The summed E-state index contributed by atoms with van der Waals surface area (Å²) in [7, 11) is 0. The molecule has 1 heterocycles. The molecule has 1 atom stereocenters. The highest BCUT2D eigenvalue weighted by Crippen LogP contribution is 2.24. The van der Waals surface area contributed by atoms with E-state index in [1.165, 1.54) is 0 Å². The van der Waals surface area contributed by atoms with Gasteiger partial charge in [-0.15, -0.1) is 0 Å². The summed E-state index contributed by atoms with van der Waals surface area (Å²) >= 11 is 0. The van der Waals surface area contributed by atoms with Gasteiger partial charge in [-0.25, -0.2) is 0 Å². The quantitative estimate of drug-likeness (QED) is 0.782. The summed E-state index contributed by atoms with van der Waals surface area (Å²) in [6.45, 7) is 13.1. The molecule has 0 radical (unpaired) electrons. The summed E-state index contributed by atoms with van der Waals surface area (Å²) in [5, 5.41) is 0. The first-order chi connectivity index (χ1) is 9.81. The lowest BCUT2D eigenvalue weighted by atomic mass is 9.90. The summed E-state index contributed by atoms with van der Waals surface area (Å²) in [5.74, 6) is 0.394. The van der Waals surface area contributed by atoms with Gasteiger partial charge < -0.3 is 9.80 Å². The average Bonchev–Trinajstić information content (AvgIpc) is 2.44. The molecular weight excluding hydrogens is 264 g/mol. The number of piperidine rings is 1. The maximum Gasteiger partial charge on any atom is 0.227 e. The first-order valence-electron chi connectivity index (χ1n) is 8.39. The molecule has 1 saturated heterocycles. The molecule has 0 aromatic heterocycles. The third-order valence-corrected chi connectivity index (χ3v) is 4.00. The monoisotopic (exact) mass is 296 g/mol. The van der Waals surface area contributed by atoms with Crippen molar-refractivity contribution in [2.24, 2.45) is 11.3 Å². The van der Waals surface area contributed by atoms with Gasteiger partial charge in [-0.05, 0) is 25.7 Å². The Labute approximate surface area is 129 Å². The zero-order valence-electron chi connectivity index (χ0n) is 14.4. The van der Waals surface area contributed by atoms with E-state index in [1.54, 1.807) is 0 Å². The van der Waals surface area contributed by atoms with E-state index in [0.717, 1.165) is 45.3 Å². The molecule has 0 aliphatic carbocycles. The van der Waals surface area contributed by atoms with Crippen molar-refractivity contribution in [2.45, 2.75) is 60.3 Å². The van der Waals surface area contributed by atoms with E-state index in [-0.39, 0.29) is 23.1 Å². The van der Waals surface area contributed by atoms with Crippen molar-refractivity contribution < 1.29 is 9.59 Å². The lowest BCUT2D eigenvalue weighted by molar-refractivity contribution is -0.145. The van der Waals surface area contributed by atoms with E-state index < -0.39 is 0 Å². The Balaban J connectivity index is 2.70. The van der Waals surface area contributed by atoms with Crippen LogP contribution in [0.2, 0.25) is 0 Å². The molecule has 1 aliphatic rings. The first kappa shape index (κ1) is 18.0. The van der Waals surface area contributed by atoms with E-state index in [9.17, 15) is 9.59 Å². The Morgan fingerprint density at radius 1 is 1.14 bits per heavy atom. The molecule has 4 nitrogen and oxygen atoms in total. The van der Waals surface area contributed by atoms with E-state index >= 15 is 0 Å². The van der Waals surface area contributed by atoms with Crippen molar-refractivity contribution >= 4 is 11.8 Å². The molecule has 0 aromatic rings. The Hall–Kier alpha value is -1.06. The van der Waals surface area contributed by atoms with Gasteiger partial charge in [-0.1, -0.05) is 34.6 Å². The molecule has 21 heavy (non-hydrogen) atoms. The summed E-state index contributed by atoms with van der Waals surface area (Å²) in [4.78, 5) is 29.0. The highest BCUT2D eigenvalue weighted by Gasteiger charge is 2.34. The van der Waals surface area contributed by atoms with Gasteiger partial charge in [-0.3, -0.25) is 9.59 Å². The van der Waals surface area contributed by atoms with Crippen LogP contribution in [0.15, 0.2) is 0 Å². The van der Waals surface area contributed by atoms with Crippen LogP contribution in [0.4, 0.5) is 0 Å². The Bertz CT molecular complexity index is 354. The number of likely N-dealkylation sites (tertiary alicyclic amines) is 1. The third kappa shape index (κ3) is 5.01. The first-order valence-corrected chi connectivity index (χ1v) is 8.39. The van der Waals surface area contributed by atoms with Gasteiger partial charge in [0.1, 0.15) is 0 Å². The van der Waals surface area contributed by atoms with E-state index in [2.05, 4.69) is 13.8 Å². The largest absolute Gasteiger partial charge is 0.342 e. The SMILES string of the molecule is CCCN(CCC)C(=O)C1CCCN(C(=O)C(C)(C)C)C1. The van der Waals surface area contributed by atoms with E-state index in [0.29, 0.717) is 6.54 Å². The molecular formula is C17H32N2O2. The topological polar surface area (TPSA) is 40.6 Å². The van der Waals surface area contributed by atoms with Crippen LogP contribution < -0.4 is 0 Å². The molecule has 0 N–H and O–H groups in total. The van der Waals surface area contributed by atoms with Crippen molar-refractivity contribution in [3.8, 4) is 0 Å². The molecule has 4 heteroatoms. The minimum atomic E-state index is -0.364. The van der Waals surface area contributed by atoms with Gasteiger partial charge in [0.05, 0.1) is 5.92 Å². The Morgan fingerprint density at radius 3 is 2.19 bits per heavy atom. The van der Waals surface area contributed by atoms with Gasteiger partial charge >= 0.3 is 0 Å². The maximum atomic E-state index is 12.7. The van der Waals surface area contributed by atoms with Crippen LogP contribution in [0.1, 0.15) is 60.3 Å². The second kappa shape index (κ2) is 7.81. The predicted octanol–water partition coefficient (Wildman–Crippen LogP) is 2.92. The lowest BCUT2D eigenvalue weighted by Gasteiger charge is -2.37. The molecule has 122 valence electrons. The van der Waals surface area contributed by atoms with Gasteiger partial charge in [0.25, 0.3) is 0 Å². The Morgan fingerprint density at radius 2 is 1.71 bits per heavy atom. The van der Waals surface area contributed by atoms with Crippen LogP contribution in [0.5, 0.6) is 0 Å². The number of carbonyl (C=O) groups is 2. The van der Waals surface area contributed by atoms with Crippen molar-refractivity contribution in [1.82, 2.24) is 9.80 Å². The number of hydrogen-bond acceptors (Lipinski definition) is 2. The minimum absolute atomic E-state index is 0.0110. The fourth-order valence-electron chi connectivity index (χ4n) is 2.97. The summed E-state index contributed by atoms with van der Waals surface area (Å²) in [6, 6.07) is 0. The highest BCUT2D eigenvalue weighted by atomic mass is 16.2. The number of hydrogen-bond donors (Lipinski definition) is 0. The van der Waals surface area contributed by atoms with E-state index in [4.69, 9.17) is 0 Å². The maximum absolute atomic E-state index is 12.7. The summed E-state index contributed by atoms with van der Waals surface area (Å²) < 4.78 is 0. The summed E-state index contributed by atoms with van der Waals surface area (Å²) in [5.41, 5.74) is -0.364. The fraction of sp³-hybridized carbons (Fsp3) is 0.882. The Kier molecular flexibility index (Phi) is 6.69. The lowest BCUT2D eigenvalue weighted by Crippen LogP contribution is -2.49. The highest BCUT2D eigenvalue weighted by molar-refractivity contribution is 5.84. The van der Waals surface area contributed by atoms with Crippen molar-refractivity contribution in [1.29, 1.82) is 0 Å². The van der Waals surface area contributed by atoms with Gasteiger partial charge in [0.15, 0.2) is 0 Å². The fourth-order valence-corrected chi connectivity index (χ4v) is 2.97. The third-order valence-electron chi connectivity index (χ3n) is 4.00. The molecule has 1 aliphatic heterocycles. The van der Waals surface area contributed by atoms with Crippen LogP contribution in [-0.2, 0) is 9.59 Å². The van der Waals surface area contributed by atoms with Gasteiger partial charge in [-0.2, -0.15) is 0 Å². The smallest absolute Gasteiger partial charge is 0.227 e. The van der Waals surface area contributed by atoms with Crippen LogP contribution in [0.25, 0.3) is 0 Å². The molecule has 1 fully saturated rings. The summed E-state index contributed by atoms with van der Waals surface area (Å²) in [6.07, 6.45) is 3.83. The second-order valence-electron chi connectivity index (χ2n) is 7.17. The molecule has 0 aromatic carbocycles. The van der Waals surface area contributed by atoms with Crippen LogP contribution in [0, 0.1) is 11.3 Å². The van der Waals surface area contributed by atoms with Crippen molar-refractivity contribution in [3.05, 3.63) is 0 Å². The van der Waals surface area contributed by atoms with Gasteiger partial charge in [0, 0.05) is 31.6 Å². The molecule has 1 rings (SSSR count). The number of rotatable bonds is 5. The minimum Gasteiger partial charge on any atom is -0.342 e. The zero-order chi connectivity index (χ0) is 16.0. The molecule has 0 bridgehead atoms. The molecule has 1 unspecified atom stereocenters. The number of nitrogens with zero attached hydrogens (tertiary/aromatic N) is 2. The van der Waals surface area contributed by atoms with Crippen molar-refractivity contribution in [2.75, 3.05) is 26.2 Å². The molecule has 0 saturated carbocycles. The molecule has 2 amide bonds. The second-order valence-corrected chi connectivity index (χ2v) is 7.17. The van der Waals surface area contributed by atoms with Crippen LogP contribution in [0.3, 0.4) is 0 Å². The van der Waals surface area contributed by atoms with E-state index in [1.807, 2.05) is 30.6 Å². The molecule has 0 spiro atoms. The van der Waals surface area contributed by atoms with Crippen molar-refractivity contribution in [3.63, 3.8) is 0 Å². The normalized spacial score (nSPS) is 19.5. The van der Waals surface area contributed by atoms with Crippen LogP contribution in [-0.4, -0.2) is 47.8 Å². The van der Waals surface area contributed by atoms with Crippen LogP contribution >= 0.6 is 0 Å². The number of amides is 2. The zero-order valence-corrected chi connectivity index (χ0v) is 14.4. The predicted molar refractivity (Wildman–Crippen MR) is 85.9 cm³/mol. The van der Waals surface area contributed by atoms with Gasteiger partial charge in [0.2, 0.25) is 11.8 Å². The average molecular weight is 296 g/mol. The number of carbonyl (C=O) groups excluding carboxylic acids is 2. The standard InChI is InChI=1S/C17H32N2O2/c1-6-10-18(11-7-2)15(20)14-9-8-12-19(13-14)16(21)17(3,4)5/h14H,6-13H2,1-5H3.